The number of carbonyl (C=O) groups is 4. The van der Waals surface area contributed by atoms with E-state index in [0.717, 1.165) is 32.9 Å². The predicted molar refractivity (Wildman–Crippen MR) is 151 cm³/mol. The molecule has 3 unspecified atom stereocenters. The van der Waals surface area contributed by atoms with Crippen LogP contribution in [-0.4, -0.2) is 63.4 Å². The molecule has 0 aliphatic rings. The number of carboxylic acids is 1. The third kappa shape index (κ3) is 6.67. The molecule has 2 heterocycles. The normalized spacial score (nSPS) is 13.6. The zero-order valence-corrected chi connectivity index (χ0v) is 22.4. The van der Waals surface area contributed by atoms with Gasteiger partial charge in [0.1, 0.15) is 18.6 Å². The van der Waals surface area contributed by atoms with Gasteiger partial charge >= 0.3 is 5.97 Å². The van der Waals surface area contributed by atoms with E-state index in [4.69, 9.17) is 10.8 Å². The topological polar surface area (TPSA) is 182 Å². The Morgan fingerprint density at radius 2 is 1.25 bits per heavy atom. The van der Waals surface area contributed by atoms with Crippen LogP contribution in [0.3, 0.4) is 0 Å². The average Bonchev–Trinajstić information content (AvgIpc) is 3.54. The third-order valence-electron chi connectivity index (χ3n) is 6.90. The van der Waals surface area contributed by atoms with E-state index in [1.807, 2.05) is 62.4 Å². The SMILES string of the molecule is CC(C)C(N)C(=O)NC(Cc1c[nH]c2ccccc12)C(=O)NC(Cc1c[nH]c2ccccc12)C(=O)NCC(=O)O. The fraction of sp³-hybridized carbons (Fsp3) is 0.310. The lowest BCUT2D eigenvalue weighted by Crippen LogP contribution is -2.57. The van der Waals surface area contributed by atoms with Crippen molar-refractivity contribution in [2.45, 2.75) is 44.8 Å². The molecule has 40 heavy (non-hydrogen) atoms. The summed E-state index contributed by atoms with van der Waals surface area (Å²) in [5.41, 5.74) is 9.38. The van der Waals surface area contributed by atoms with E-state index in [9.17, 15) is 19.2 Å². The zero-order valence-electron chi connectivity index (χ0n) is 22.4. The van der Waals surface area contributed by atoms with Gasteiger partial charge in [-0.2, -0.15) is 0 Å². The number of H-pyrrole nitrogens is 2. The molecule has 0 saturated heterocycles. The van der Waals surface area contributed by atoms with Crippen molar-refractivity contribution in [2.75, 3.05) is 6.54 Å². The standard InChI is InChI=1S/C29H34N6O5/c1-16(2)26(30)29(40)35-24(12-18-14-32-22-10-6-4-8-20(18)22)28(39)34-23(27(38)33-15-25(36)37)11-17-13-31-21-9-5-3-7-19(17)21/h3-10,13-14,16,23-24,26,31-32H,11-12,15,30H2,1-2H3,(H,33,38)(H,34,39)(H,35,40)(H,36,37). The number of aliphatic carboxylic acids is 1. The van der Waals surface area contributed by atoms with Gasteiger partial charge in [-0.3, -0.25) is 19.2 Å². The van der Waals surface area contributed by atoms with Crippen molar-refractivity contribution in [3.05, 3.63) is 72.1 Å². The molecule has 4 aromatic rings. The van der Waals surface area contributed by atoms with Crippen LogP contribution in [0.5, 0.6) is 0 Å². The molecule has 4 rings (SSSR count). The van der Waals surface area contributed by atoms with Crippen LogP contribution in [0.15, 0.2) is 60.9 Å². The lowest BCUT2D eigenvalue weighted by Gasteiger charge is -2.25. The van der Waals surface area contributed by atoms with E-state index in [-0.39, 0.29) is 18.8 Å². The number of aromatic amines is 2. The number of rotatable bonds is 12. The molecular weight excluding hydrogens is 512 g/mol. The minimum absolute atomic E-state index is 0.0977. The molecule has 11 nitrogen and oxygen atoms in total. The monoisotopic (exact) mass is 546 g/mol. The van der Waals surface area contributed by atoms with Gasteiger partial charge < -0.3 is 36.8 Å². The van der Waals surface area contributed by atoms with Crippen LogP contribution in [0.4, 0.5) is 0 Å². The van der Waals surface area contributed by atoms with Crippen LogP contribution >= 0.6 is 0 Å². The van der Waals surface area contributed by atoms with Crippen molar-refractivity contribution in [1.29, 1.82) is 0 Å². The van der Waals surface area contributed by atoms with Crippen molar-refractivity contribution < 1.29 is 24.3 Å². The maximum atomic E-state index is 13.7. The maximum absolute atomic E-state index is 13.7. The maximum Gasteiger partial charge on any atom is 0.322 e. The van der Waals surface area contributed by atoms with E-state index in [1.54, 1.807) is 12.4 Å². The Balaban J connectivity index is 1.61. The summed E-state index contributed by atoms with van der Waals surface area (Å²) in [5.74, 6) is -3.11. The summed E-state index contributed by atoms with van der Waals surface area (Å²) in [7, 11) is 0. The number of benzene rings is 2. The Kier molecular flexibility index (Phi) is 8.85. The molecule has 11 heteroatoms. The first-order chi connectivity index (χ1) is 19.1. The van der Waals surface area contributed by atoms with E-state index < -0.39 is 48.4 Å². The van der Waals surface area contributed by atoms with Gasteiger partial charge in [-0.05, 0) is 29.2 Å². The first kappa shape index (κ1) is 28.4. The largest absolute Gasteiger partial charge is 0.480 e. The van der Waals surface area contributed by atoms with E-state index in [0.29, 0.717) is 0 Å². The van der Waals surface area contributed by atoms with E-state index >= 15 is 0 Å². The molecule has 0 fully saturated rings. The Morgan fingerprint density at radius 1 is 0.775 bits per heavy atom. The van der Waals surface area contributed by atoms with Crippen molar-refractivity contribution in [3.8, 4) is 0 Å². The number of carbonyl (C=O) groups excluding carboxylic acids is 3. The minimum atomic E-state index is -1.21. The summed E-state index contributed by atoms with van der Waals surface area (Å²) in [6.07, 6.45) is 3.77. The Morgan fingerprint density at radius 3 is 1.75 bits per heavy atom. The Hall–Kier alpha value is -4.64. The number of amides is 3. The van der Waals surface area contributed by atoms with Gasteiger partial charge in [-0.25, -0.2) is 0 Å². The average molecular weight is 547 g/mol. The summed E-state index contributed by atoms with van der Waals surface area (Å²) in [6.45, 7) is 3.02. The smallest absolute Gasteiger partial charge is 0.322 e. The van der Waals surface area contributed by atoms with Crippen molar-refractivity contribution in [1.82, 2.24) is 25.9 Å². The summed E-state index contributed by atoms with van der Waals surface area (Å²) in [6, 6.07) is 12.1. The fourth-order valence-corrected chi connectivity index (χ4v) is 4.59. The molecule has 0 aliphatic carbocycles. The number of hydrogen-bond donors (Lipinski definition) is 7. The highest BCUT2D eigenvalue weighted by Crippen LogP contribution is 2.21. The van der Waals surface area contributed by atoms with Crippen molar-refractivity contribution in [3.63, 3.8) is 0 Å². The summed E-state index contributed by atoms with van der Waals surface area (Å²) in [5, 5.41) is 18.7. The number of para-hydroxylation sites is 2. The van der Waals surface area contributed by atoms with Gasteiger partial charge in [0.05, 0.1) is 6.04 Å². The van der Waals surface area contributed by atoms with Gasteiger partial charge in [0, 0.05) is 47.0 Å². The second-order valence-electron chi connectivity index (χ2n) is 10.1. The fourth-order valence-electron chi connectivity index (χ4n) is 4.59. The van der Waals surface area contributed by atoms with Gasteiger partial charge in [0.15, 0.2) is 0 Å². The molecule has 0 spiro atoms. The van der Waals surface area contributed by atoms with E-state index in [2.05, 4.69) is 25.9 Å². The summed E-state index contributed by atoms with van der Waals surface area (Å²) < 4.78 is 0. The summed E-state index contributed by atoms with van der Waals surface area (Å²) in [4.78, 5) is 57.1. The second-order valence-corrected chi connectivity index (χ2v) is 10.1. The highest BCUT2D eigenvalue weighted by Gasteiger charge is 2.30. The number of hydrogen-bond acceptors (Lipinski definition) is 5. The Labute approximate surface area is 230 Å². The number of nitrogens with one attached hydrogen (secondary N) is 5. The molecule has 0 aliphatic heterocycles. The molecule has 2 aromatic heterocycles. The Bertz CT molecular complexity index is 1520. The molecule has 3 amide bonds. The van der Waals surface area contributed by atoms with Crippen LogP contribution in [0.25, 0.3) is 21.8 Å². The third-order valence-corrected chi connectivity index (χ3v) is 6.90. The van der Waals surface area contributed by atoms with Crippen molar-refractivity contribution in [2.24, 2.45) is 11.7 Å². The van der Waals surface area contributed by atoms with Gasteiger partial charge in [-0.15, -0.1) is 0 Å². The zero-order chi connectivity index (χ0) is 28.8. The number of fused-ring (bicyclic) bond motifs is 2. The summed E-state index contributed by atoms with van der Waals surface area (Å²) >= 11 is 0. The number of nitrogens with two attached hydrogens (primary N) is 1. The highest BCUT2D eigenvalue weighted by molar-refractivity contribution is 5.95. The van der Waals surface area contributed by atoms with Crippen molar-refractivity contribution >= 4 is 45.5 Å². The molecule has 0 saturated carbocycles. The predicted octanol–water partition coefficient (Wildman–Crippen LogP) is 1.59. The van der Waals surface area contributed by atoms with Gasteiger partial charge in [0.25, 0.3) is 0 Å². The molecule has 0 bridgehead atoms. The first-order valence-electron chi connectivity index (χ1n) is 13.1. The second kappa shape index (κ2) is 12.5. The molecule has 210 valence electrons. The van der Waals surface area contributed by atoms with E-state index in [1.165, 1.54) is 0 Å². The minimum Gasteiger partial charge on any atom is -0.480 e. The first-order valence-corrected chi connectivity index (χ1v) is 13.1. The van der Waals surface area contributed by atoms with Crippen LogP contribution in [0.1, 0.15) is 25.0 Å². The lowest BCUT2D eigenvalue weighted by atomic mass is 10.00. The molecule has 0 radical (unpaired) electrons. The number of carboxylic acid groups (broad SMARTS) is 1. The molecule has 3 atom stereocenters. The molecular formula is C29H34N6O5. The lowest BCUT2D eigenvalue weighted by molar-refractivity contribution is -0.138. The van der Waals surface area contributed by atoms with Gasteiger partial charge in [-0.1, -0.05) is 50.2 Å². The van der Waals surface area contributed by atoms with Gasteiger partial charge in [0.2, 0.25) is 17.7 Å². The quantitative estimate of drug-likeness (QED) is 0.142. The molecule has 8 N–H and O–H groups in total. The number of aromatic nitrogens is 2. The van der Waals surface area contributed by atoms with Crippen LogP contribution < -0.4 is 21.7 Å². The van der Waals surface area contributed by atoms with Crippen LogP contribution in [0, 0.1) is 5.92 Å². The van der Waals surface area contributed by atoms with Crippen LogP contribution in [0.2, 0.25) is 0 Å². The highest BCUT2D eigenvalue weighted by atomic mass is 16.4. The van der Waals surface area contributed by atoms with Crippen LogP contribution in [-0.2, 0) is 32.0 Å². The molecule has 2 aromatic carbocycles.